The SMILES string of the molecule is Cl.O=C(CC1CC2CCC(C1)N2)NCCc1c[nH]c2cc(F)ccc12. The zero-order chi connectivity index (χ0) is 16.5. The number of hydrogen-bond acceptors (Lipinski definition) is 2. The number of carbonyl (C=O) groups is 1. The molecule has 2 aromatic rings. The fourth-order valence-electron chi connectivity index (χ4n) is 4.38. The largest absolute Gasteiger partial charge is 0.361 e. The molecule has 2 aliphatic rings. The van der Waals surface area contributed by atoms with Crippen molar-refractivity contribution >= 4 is 29.2 Å². The Bertz CT molecular complexity index is 735. The van der Waals surface area contributed by atoms with Gasteiger partial charge in [-0.2, -0.15) is 0 Å². The van der Waals surface area contributed by atoms with Crippen LogP contribution in [0.25, 0.3) is 10.9 Å². The van der Waals surface area contributed by atoms with E-state index < -0.39 is 0 Å². The smallest absolute Gasteiger partial charge is 0.220 e. The third kappa shape index (κ3) is 4.15. The summed E-state index contributed by atoms with van der Waals surface area (Å²) in [6, 6.07) is 6.04. The second-order valence-electron chi connectivity index (χ2n) is 7.28. The summed E-state index contributed by atoms with van der Waals surface area (Å²) >= 11 is 0. The third-order valence-electron chi connectivity index (χ3n) is 5.49. The van der Waals surface area contributed by atoms with E-state index in [1.807, 2.05) is 6.20 Å². The molecule has 0 aliphatic carbocycles. The van der Waals surface area contributed by atoms with Crippen molar-refractivity contribution in [2.24, 2.45) is 5.92 Å². The molecule has 0 radical (unpaired) electrons. The number of benzene rings is 1. The molecule has 1 aromatic carbocycles. The fraction of sp³-hybridized carbons (Fsp3) is 0.526. The average molecular weight is 366 g/mol. The zero-order valence-corrected chi connectivity index (χ0v) is 15.0. The van der Waals surface area contributed by atoms with Crippen molar-refractivity contribution in [3.8, 4) is 0 Å². The van der Waals surface area contributed by atoms with Gasteiger partial charge in [0.25, 0.3) is 0 Å². The summed E-state index contributed by atoms with van der Waals surface area (Å²) in [6.45, 7) is 0.626. The minimum Gasteiger partial charge on any atom is -0.361 e. The molecule has 3 heterocycles. The number of piperidine rings is 1. The Labute approximate surface area is 153 Å². The molecule has 2 saturated heterocycles. The van der Waals surface area contributed by atoms with Gasteiger partial charge in [-0.3, -0.25) is 4.79 Å². The molecule has 0 saturated carbocycles. The topological polar surface area (TPSA) is 56.9 Å². The lowest BCUT2D eigenvalue weighted by Crippen LogP contribution is -2.39. The molecule has 2 fully saturated rings. The lowest BCUT2D eigenvalue weighted by molar-refractivity contribution is -0.122. The van der Waals surface area contributed by atoms with E-state index in [9.17, 15) is 9.18 Å². The van der Waals surface area contributed by atoms with Gasteiger partial charge in [-0.25, -0.2) is 4.39 Å². The molecule has 136 valence electrons. The molecule has 3 N–H and O–H groups in total. The minimum absolute atomic E-state index is 0. The maximum atomic E-state index is 13.2. The monoisotopic (exact) mass is 365 g/mol. The summed E-state index contributed by atoms with van der Waals surface area (Å²) in [5.41, 5.74) is 1.92. The highest BCUT2D eigenvalue weighted by Crippen LogP contribution is 2.32. The first-order valence-electron chi connectivity index (χ1n) is 8.95. The van der Waals surface area contributed by atoms with Gasteiger partial charge >= 0.3 is 0 Å². The van der Waals surface area contributed by atoms with Crippen LogP contribution in [0.2, 0.25) is 0 Å². The van der Waals surface area contributed by atoms with Gasteiger partial charge in [0.05, 0.1) is 0 Å². The fourth-order valence-corrected chi connectivity index (χ4v) is 4.38. The molecule has 2 unspecified atom stereocenters. The summed E-state index contributed by atoms with van der Waals surface area (Å²) in [4.78, 5) is 15.3. The first kappa shape index (κ1) is 18.2. The van der Waals surface area contributed by atoms with Crippen molar-refractivity contribution in [2.75, 3.05) is 6.54 Å². The van der Waals surface area contributed by atoms with Crippen LogP contribution in [0, 0.1) is 11.7 Å². The van der Waals surface area contributed by atoms with Crippen LogP contribution in [-0.4, -0.2) is 29.5 Å². The highest BCUT2D eigenvalue weighted by atomic mass is 35.5. The molecule has 2 bridgehead atoms. The molecule has 1 aromatic heterocycles. The number of aromatic amines is 1. The number of aromatic nitrogens is 1. The first-order valence-corrected chi connectivity index (χ1v) is 8.95. The molecule has 1 amide bonds. The van der Waals surface area contributed by atoms with Crippen molar-refractivity contribution in [1.29, 1.82) is 0 Å². The lowest BCUT2D eigenvalue weighted by atomic mass is 9.89. The predicted octanol–water partition coefficient (Wildman–Crippen LogP) is 3.31. The summed E-state index contributed by atoms with van der Waals surface area (Å²) in [5.74, 6) is 0.451. The Hall–Kier alpha value is -1.59. The van der Waals surface area contributed by atoms with E-state index in [4.69, 9.17) is 0 Å². The van der Waals surface area contributed by atoms with Crippen molar-refractivity contribution in [2.45, 2.75) is 50.6 Å². The van der Waals surface area contributed by atoms with Gasteiger partial charge in [0.2, 0.25) is 5.91 Å². The molecule has 0 spiro atoms. The Morgan fingerprint density at radius 2 is 2.00 bits per heavy atom. The van der Waals surface area contributed by atoms with Crippen molar-refractivity contribution in [3.05, 3.63) is 35.8 Å². The van der Waals surface area contributed by atoms with Crippen LogP contribution in [0.5, 0.6) is 0 Å². The van der Waals surface area contributed by atoms with E-state index in [0.29, 0.717) is 31.0 Å². The van der Waals surface area contributed by atoms with Crippen LogP contribution >= 0.6 is 12.4 Å². The molecule has 4 rings (SSSR count). The normalized spacial score (nSPS) is 24.9. The van der Waals surface area contributed by atoms with E-state index in [1.54, 1.807) is 6.07 Å². The number of halogens is 2. The van der Waals surface area contributed by atoms with Crippen LogP contribution in [0.1, 0.15) is 37.7 Å². The molecular weight excluding hydrogens is 341 g/mol. The predicted molar refractivity (Wildman–Crippen MR) is 99.5 cm³/mol. The highest BCUT2D eigenvalue weighted by molar-refractivity contribution is 5.85. The first-order chi connectivity index (χ1) is 11.7. The maximum absolute atomic E-state index is 13.2. The van der Waals surface area contributed by atoms with Gasteiger partial charge in [-0.15, -0.1) is 12.4 Å². The van der Waals surface area contributed by atoms with Gasteiger partial charge < -0.3 is 15.6 Å². The van der Waals surface area contributed by atoms with Crippen molar-refractivity contribution in [3.63, 3.8) is 0 Å². The number of hydrogen-bond donors (Lipinski definition) is 3. The summed E-state index contributed by atoms with van der Waals surface area (Å²) < 4.78 is 13.2. The number of carbonyl (C=O) groups excluding carboxylic acids is 1. The van der Waals surface area contributed by atoms with E-state index in [0.717, 1.165) is 35.7 Å². The molecule has 25 heavy (non-hydrogen) atoms. The van der Waals surface area contributed by atoms with Crippen molar-refractivity contribution in [1.82, 2.24) is 15.6 Å². The van der Waals surface area contributed by atoms with Crippen LogP contribution in [-0.2, 0) is 11.2 Å². The molecular formula is C19H25ClFN3O. The second kappa shape index (κ2) is 7.75. The molecule has 2 aliphatic heterocycles. The van der Waals surface area contributed by atoms with Gasteiger partial charge in [0.1, 0.15) is 5.82 Å². The zero-order valence-electron chi connectivity index (χ0n) is 14.2. The van der Waals surface area contributed by atoms with Gasteiger partial charge in [-0.05, 0) is 61.8 Å². The maximum Gasteiger partial charge on any atom is 0.220 e. The number of fused-ring (bicyclic) bond motifs is 3. The average Bonchev–Trinajstić information content (AvgIpc) is 3.10. The van der Waals surface area contributed by atoms with Crippen molar-refractivity contribution < 1.29 is 9.18 Å². The Morgan fingerprint density at radius 1 is 1.24 bits per heavy atom. The Kier molecular flexibility index (Phi) is 5.64. The standard InChI is InChI=1S/C19H24FN3O.ClH/c20-14-1-4-17-13(11-22-18(17)10-14)5-6-21-19(24)9-12-7-15-2-3-16(8-12)23-15;/h1,4,10-12,15-16,22-23H,2-3,5-9H2,(H,21,24);1H. The quantitative estimate of drug-likeness (QED) is 0.761. The van der Waals surface area contributed by atoms with Gasteiger partial charge in [0.15, 0.2) is 0 Å². The summed E-state index contributed by atoms with van der Waals surface area (Å²) in [5, 5.41) is 7.69. The number of amides is 1. The molecule has 6 heteroatoms. The number of rotatable bonds is 5. The minimum atomic E-state index is -0.236. The molecule has 4 nitrogen and oxygen atoms in total. The highest BCUT2D eigenvalue weighted by Gasteiger charge is 2.34. The van der Waals surface area contributed by atoms with E-state index in [-0.39, 0.29) is 24.1 Å². The van der Waals surface area contributed by atoms with Crippen LogP contribution < -0.4 is 10.6 Å². The van der Waals surface area contributed by atoms with E-state index >= 15 is 0 Å². The van der Waals surface area contributed by atoms with Gasteiger partial charge in [-0.1, -0.05) is 0 Å². The number of H-pyrrole nitrogens is 1. The number of nitrogens with one attached hydrogen (secondary N) is 3. The van der Waals surface area contributed by atoms with E-state index in [2.05, 4.69) is 15.6 Å². The van der Waals surface area contributed by atoms with Crippen LogP contribution in [0.15, 0.2) is 24.4 Å². The lowest BCUT2D eigenvalue weighted by Gasteiger charge is -2.28. The van der Waals surface area contributed by atoms with E-state index in [1.165, 1.54) is 25.0 Å². The van der Waals surface area contributed by atoms with Crippen LogP contribution in [0.4, 0.5) is 4.39 Å². The Morgan fingerprint density at radius 3 is 2.76 bits per heavy atom. The van der Waals surface area contributed by atoms with Gasteiger partial charge in [0, 0.05) is 42.1 Å². The Balaban J connectivity index is 0.00000182. The molecule has 2 atom stereocenters. The second-order valence-corrected chi connectivity index (χ2v) is 7.28. The third-order valence-corrected chi connectivity index (χ3v) is 5.49. The van der Waals surface area contributed by atoms with Crippen LogP contribution in [0.3, 0.4) is 0 Å². The summed E-state index contributed by atoms with van der Waals surface area (Å²) in [7, 11) is 0. The summed E-state index contributed by atoms with van der Waals surface area (Å²) in [6.07, 6.45) is 8.12.